The van der Waals surface area contributed by atoms with Crippen molar-refractivity contribution in [3.63, 3.8) is 0 Å². The van der Waals surface area contributed by atoms with Crippen LogP contribution in [0.15, 0.2) is 33.8 Å². The highest BCUT2D eigenvalue weighted by Gasteiger charge is 2.12. The second-order valence-electron chi connectivity index (χ2n) is 3.48. The molecule has 2 N–H and O–H groups in total. The van der Waals surface area contributed by atoms with Crippen LogP contribution in [0.25, 0.3) is 6.08 Å². The van der Waals surface area contributed by atoms with Gasteiger partial charge in [-0.25, -0.2) is 9.59 Å². The van der Waals surface area contributed by atoms with Gasteiger partial charge in [-0.05, 0) is 37.6 Å². The maximum absolute atomic E-state index is 11.0. The minimum absolute atomic E-state index is 0.109. The van der Waals surface area contributed by atoms with Gasteiger partial charge in [-0.3, -0.25) is 0 Å². The van der Waals surface area contributed by atoms with Gasteiger partial charge in [-0.15, -0.1) is 0 Å². The summed E-state index contributed by atoms with van der Waals surface area (Å²) in [6, 6.07) is 3.31. The molecule has 0 fully saturated rings. The number of aliphatic carboxylic acids is 2. The lowest BCUT2D eigenvalue weighted by Gasteiger charge is -2.00. The molecule has 0 bridgehead atoms. The van der Waals surface area contributed by atoms with E-state index in [2.05, 4.69) is 0 Å². The van der Waals surface area contributed by atoms with E-state index in [1.54, 1.807) is 19.1 Å². The number of aryl methyl sites for hydroxylation is 1. The number of carboxylic acid groups (broad SMARTS) is 2. The van der Waals surface area contributed by atoms with Crippen LogP contribution in [-0.4, -0.2) is 22.2 Å². The molecule has 0 aliphatic rings. The molecule has 5 heteroatoms. The van der Waals surface area contributed by atoms with Crippen molar-refractivity contribution in [2.75, 3.05) is 0 Å². The van der Waals surface area contributed by atoms with E-state index >= 15 is 0 Å². The van der Waals surface area contributed by atoms with Gasteiger partial charge in [0, 0.05) is 6.08 Å². The third kappa shape index (κ3) is 3.64. The van der Waals surface area contributed by atoms with Crippen LogP contribution in [0.3, 0.4) is 0 Å². The Morgan fingerprint density at radius 1 is 1.29 bits per heavy atom. The molecule has 1 aromatic heterocycles. The normalized spacial score (nSPS) is 12.6. The van der Waals surface area contributed by atoms with Gasteiger partial charge < -0.3 is 14.6 Å². The molecule has 0 spiro atoms. The highest BCUT2D eigenvalue weighted by molar-refractivity contribution is 5.98. The fourth-order valence-corrected chi connectivity index (χ4v) is 1.28. The first kappa shape index (κ1) is 12.8. The Morgan fingerprint density at radius 2 is 1.94 bits per heavy atom. The Labute approximate surface area is 97.7 Å². The molecule has 0 atom stereocenters. The van der Waals surface area contributed by atoms with E-state index < -0.39 is 11.9 Å². The van der Waals surface area contributed by atoms with E-state index in [1.165, 1.54) is 13.0 Å². The largest absolute Gasteiger partial charge is 0.478 e. The summed E-state index contributed by atoms with van der Waals surface area (Å²) in [6.07, 6.45) is 2.14. The molecule has 0 unspecified atom stereocenters. The van der Waals surface area contributed by atoms with E-state index in [1.807, 2.05) is 0 Å². The molecule has 17 heavy (non-hydrogen) atoms. The lowest BCUT2D eigenvalue weighted by Crippen LogP contribution is -2.03. The average molecular weight is 236 g/mol. The summed E-state index contributed by atoms with van der Waals surface area (Å²) in [6.45, 7) is 3.15. The van der Waals surface area contributed by atoms with E-state index in [0.717, 1.165) is 6.08 Å². The lowest BCUT2D eigenvalue weighted by atomic mass is 10.1. The summed E-state index contributed by atoms with van der Waals surface area (Å²) < 4.78 is 5.20. The van der Waals surface area contributed by atoms with Gasteiger partial charge in [-0.1, -0.05) is 0 Å². The minimum atomic E-state index is -1.20. The maximum Gasteiger partial charge on any atom is 0.336 e. The number of furan rings is 1. The molecule has 0 aromatic carbocycles. The molecule has 0 amide bonds. The van der Waals surface area contributed by atoms with Crippen molar-refractivity contribution in [2.24, 2.45) is 0 Å². The van der Waals surface area contributed by atoms with Crippen molar-refractivity contribution >= 4 is 18.0 Å². The molecule has 1 aromatic rings. The third-order valence-electron chi connectivity index (χ3n) is 2.04. The Balaban J connectivity index is 3.14. The summed E-state index contributed by atoms with van der Waals surface area (Å²) in [5.41, 5.74) is 0.0424. The number of rotatable bonds is 4. The summed E-state index contributed by atoms with van der Waals surface area (Å²) >= 11 is 0. The van der Waals surface area contributed by atoms with Gasteiger partial charge in [0.15, 0.2) is 0 Å². The van der Waals surface area contributed by atoms with Crippen LogP contribution in [-0.2, 0) is 9.59 Å². The van der Waals surface area contributed by atoms with Crippen LogP contribution in [0.4, 0.5) is 0 Å². The van der Waals surface area contributed by atoms with Crippen molar-refractivity contribution in [3.05, 3.63) is 40.9 Å². The number of carbonyl (C=O) groups is 2. The Morgan fingerprint density at radius 3 is 2.35 bits per heavy atom. The van der Waals surface area contributed by atoms with Crippen molar-refractivity contribution in [2.45, 2.75) is 13.8 Å². The van der Waals surface area contributed by atoms with Crippen molar-refractivity contribution < 1.29 is 24.2 Å². The SMILES string of the molecule is CC(=C\C(=O)O)/C(=C/c1ccc(C)o1)C(=O)O. The Hall–Kier alpha value is -2.30. The monoisotopic (exact) mass is 236 g/mol. The molecule has 5 nitrogen and oxygen atoms in total. The molecule has 0 aliphatic heterocycles. The highest BCUT2D eigenvalue weighted by Crippen LogP contribution is 2.16. The quantitative estimate of drug-likeness (QED) is 0.617. The van der Waals surface area contributed by atoms with E-state index in [4.69, 9.17) is 14.6 Å². The average Bonchev–Trinajstić information content (AvgIpc) is 2.58. The molecule has 0 radical (unpaired) electrons. The van der Waals surface area contributed by atoms with Crippen molar-refractivity contribution in [1.29, 1.82) is 0 Å². The number of hydrogen-bond acceptors (Lipinski definition) is 3. The lowest BCUT2D eigenvalue weighted by molar-refractivity contribution is -0.132. The maximum atomic E-state index is 11.0. The fourth-order valence-electron chi connectivity index (χ4n) is 1.28. The predicted molar refractivity (Wildman–Crippen MR) is 60.5 cm³/mol. The van der Waals surface area contributed by atoms with Crippen LogP contribution >= 0.6 is 0 Å². The topological polar surface area (TPSA) is 87.7 Å². The molecule has 1 heterocycles. The summed E-state index contributed by atoms with van der Waals surface area (Å²) in [7, 11) is 0. The van der Waals surface area contributed by atoms with Crippen LogP contribution in [0.2, 0.25) is 0 Å². The second-order valence-corrected chi connectivity index (χ2v) is 3.48. The minimum Gasteiger partial charge on any atom is -0.478 e. The molecular weight excluding hydrogens is 224 g/mol. The predicted octanol–water partition coefficient (Wildman–Crippen LogP) is 2.09. The number of carboxylic acids is 2. The molecule has 0 saturated carbocycles. The smallest absolute Gasteiger partial charge is 0.336 e. The first-order chi connectivity index (χ1) is 7.90. The van der Waals surface area contributed by atoms with Crippen LogP contribution in [0.1, 0.15) is 18.4 Å². The van der Waals surface area contributed by atoms with E-state index in [-0.39, 0.29) is 11.1 Å². The van der Waals surface area contributed by atoms with Gasteiger partial charge in [0.05, 0.1) is 5.57 Å². The van der Waals surface area contributed by atoms with Gasteiger partial charge in [0.1, 0.15) is 11.5 Å². The zero-order valence-electron chi connectivity index (χ0n) is 9.43. The molecule has 0 aliphatic carbocycles. The van der Waals surface area contributed by atoms with Crippen LogP contribution in [0, 0.1) is 6.92 Å². The standard InChI is InChI=1S/C12H12O5/c1-7(5-11(13)14)10(12(15)16)6-9-4-3-8(2)17-9/h3-6H,1-2H3,(H,13,14)(H,15,16)/b7-5+,10-6-. The molecular formula is C12H12O5. The molecule has 1 rings (SSSR count). The van der Waals surface area contributed by atoms with E-state index in [9.17, 15) is 9.59 Å². The van der Waals surface area contributed by atoms with Crippen LogP contribution < -0.4 is 0 Å². The molecule has 0 saturated heterocycles. The van der Waals surface area contributed by atoms with Crippen molar-refractivity contribution in [1.82, 2.24) is 0 Å². The Kier molecular flexibility index (Phi) is 3.87. The summed E-state index contributed by atoms with van der Waals surface area (Å²) in [5.74, 6) is -1.36. The third-order valence-corrected chi connectivity index (χ3v) is 2.04. The van der Waals surface area contributed by atoms with Gasteiger partial charge >= 0.3 is 11.9 Å². The van der Waals surface area contributed by atoms with Gasteiger partial charge in [0.25, 0.3) is 0 Å². The number of hydrogen-bond donors (Lipinski definition) is 2. The van der Waals surface area contributed by atoms with Crippen molar-refractivity contribution in [3.8, 4) is 0 Å². The van der Waals surface area contributed by atoms with E-state index in [0.29, 0.717) is 11.5 Å². The van der Waals surface area contributed by atoms with Gasteiger partial charge in [0.2, 0.25) is 0 Å². The zero-order valence-corrected chi connectivity index (χ0v) is 9.43. The second kappa shape index (κ2) is 5.16. The highest BCUT2D eigenvalue weighted by atomic mass is 16.4. The fraction of sp³-hybridized carbons (Fsp3) is 0.167. The first-order valence-electron chi connectivity index (χ1n) is 4.83. The van der Waals surface area contributed by atoms with Gasteiger partial charge in [-0.2, -0.15) is 0 Å². The van der Waals surface area contributed by atoms with Crippen LogP contribution in [0.5, 0.6) is 0 Å². The first-order valence-corrected chi connectivity index (χ1v) is 4.83. The Bertz CT molecular complexity index is 505. The molecule has 90 valence electrons. The zero-order chi connectivity index (χ0) is 13.0. The summed E-state index contributed by atoms with van der Waals surface area (Å²) in [5, 5.41) is 17.5. The summed E-state index contributed by atoms with van der Waals surface area (Å²) in [4.78, 5) is 21.5.